The highest BCUT2D eigenvalue weighted by Gasteiger charge is 2.08. The lowest BCUT2D eigenvalue weighted by molar-refractivity contribution is 0.738. The first kappa shape index (κ1) is 12.2. The molecular formula is C18H19N. The van der Waals surface area contributed by atoms with Gasteiger partial charge in [-0.15, -0.1) is 0 Å². The first-order chi connectivity index (χ1) is 9.34. The molecule has 0 bridgehead atoms. The molecule has 0 saturated heterocycles. The van der Waals surface area contributed by atoms with Gasteiger partial charge in [-0.1, -0.05) is 54.6 Å². The first-order valence-corrected chi connectivity index (χ1v) is 6.91. The average Bonchev–Trinajstić information content (AvgIpc) is 2.49. The van der Waals surface area contributed by atoms with Crippen LogP contribution < -0.4 is 5.32 Å². The van der Waals surface area contributed by atoms with Crippen LogP contribution in [0.5, 0.6) is 0 Å². The molecule has 1 heteroatoms. The van der Waals surface area contributed by atoms with Crippen molar-refractivity contribution in [3.8, 4) is 11.1 Å². The number of hydrogen-bond acceptors (Lipinski definition) is 1. The number of nitrogens with one attached hydrogen (secondary N) is 1. The fourth-order valence-corrected chi connectivity index (χ4v) is 2.69. The molecule has 1 nitrogen and oxygen atoms in total. The number of aryl methyl sites for hydroxylation is 1. The van der Waals surface area contributed by atoms with Crippen molar-refractivity contribution in [2.75, 3.05) is 13.1 Å². The Balaban J connectivity index is 1.96. The number of rotatable bonds is 2. The van der Waals surface area contributed by atoms with Crippen molar-refractivity contribution >= 4 is 5.57 Å². The van der Waals surface area contributed by atoms with Gasteiger partial charge in [0.05, 0.1) is 0 Å². The van der Waals surface area contributed by atoms with E-state index in [9.17, 15) is 0 Å². The summed E-state index contributed by atoms with van der Waals surface area (Å²) in [6, 6.07) is 17.4. The maximum atomic E-state index is 3.36. The van der Waals surface area contributed by atoms with E-state index < -0.39 is 0 Å². The zero-order chi connectivity index (χ0) is 13.1. The number of benzene rings is 2. The van der Waals surface area contributed by atoms with Crippen molar-refractivity contribution in [1.82, 2.24) is 5.32 Å². The van der Waals surface area contributed by atoms with E-state index in [-0.39, 0.29) is 0 Å². The summed E-state index contributed by atoms with van der Waals surface area (Å²) in [5.41, 5.74) is 6.83. The molecule has 1 aliphatic rings. The van der Waals surface area contributed by atoms with Crippen LogP contribution in [0.25, 0.3) is 16.7 Å². The van der Waals surface area contributed by atoms with Crippen molar-refractivity contribution in [2.24, 2.45) is 0 Å². The van der Waals surface area contributed by atoms with Crippen molar-refractivity contribution in [3.63, 3.8) is 0 Å². The van der Waals surface area contributed by atoms with Crippen LogP contribution in [0.2, 0.25) is 0 Å². The first-order valence-electron chi connectivity index (χ1n) is 6.91. The molecule has 0 aliphatic carbocycles. The third kappa shape index (κ3) is 2.61. The second-order valence-corrected chi connectivity index (χ2v) is 5.08. The highest BCUT2D eigenvalue weighted by atomic mass is 14.8. The standard InChI is InChI=1S/C18H19N/c1-14-13-17(15-9-11-19-12-10-15)7-8-18(14)16-5-3-2-4-6-16/h2-9,13,19H,10-12H2,1H3. The average molecular weight is 249 g/mol. The lowest BCUT2D eigenvalue weighted by Gasteiger charge is -2.16. The maximum absolute atomic E-state index is 3.36. The van der Waals surface area contributed by atoms with E-state index in [2.05, 4.69) is 66.8 Å². The summed E-state index contributed by atoms with van der Waals surface area (Å²) >= 11 is 0. The van der Waals surface area contributed by atoms with E-state index in [1.54, 1.807) is 0 Å². The molecule has 2 aromatic carbocycles. The van der Waals surface area contributed by atoms with Crippen molar-refractivity contribution in [3.05, 3.63) is 65.7 Å². The second-order valence-electron chi connectivity index (χ2n) is 5.08. The third-order valence-electron chi connectivity index (χ3n) is 3.75. The minimum atomic E-state index is 0.995. The summed E-state index contributed by atoms with van der Waals surface area (Å²) < 4.78 is 0. The Kier molecular flexibility index (Phi) is 3.47. The van der Waals surface area contributed by atoms with Gasteiger partial charge in [-0.2, -0.15) is 0 Å². The van der Waals surface area contributed by atoms with Gasteiger partial charge in [-0.25, -0.2) is 0 Å². The molecule has 0 saturated carbocycles. The molecule has 2 aromatic rings. The minimum Gasteiger partial charge on any atom is -0.313 e. The Morgan fingerprint density at radius 3 is 2.47 bits per heavy atom. The Hall–Kier alpha value is -1.86. The summed E-state index contributed by atoms with van der Waals surface area (Å²) in [4.78, 5) is 0. The minimum absolute atomic E-state index is 0.995. The monoisotopic (exact) mass is 249 g/mol. The predicted molar refractivity (Wildman–Crippen MR) is 82.1 cm³/mol. The molecule has 96 valence electrons. The van der Waals surface area contributed by atoms with Gasteiger partial charge in [0.15, 0.2) is 0 Å². The van der Waals surface area contributed by atoms with Crippen LogP contribution in [0.4, 0.5) is 0 Å². The van der Waals surface area contributed by atoms with Gasteiger partial charge >= 0.3 is 0 Å². The zero-order valence-electron chi connectivity index (χ0n) is 11.3. The van der Waals surface area contributed by atoms with Gasteiger partial charge in [0.25, 0.3) is 0 Å². The SMILES string of the molecule is Cc1cc(C2=CCNCC2)ccc1-c1ccccc1. The Morgan fingerprint density at radius 1 is 0.947 bits per heavy atom. The summed E-state index contributed by atoms with van der Waals surface area (Å²) in [5.74, 6) is 0. The third-order valence-corrected chi connectivity index (χ3v) is 3.75. The molecule has 0 atom stereocenters. The molecule has 1 N–H and O–H groups in total. The molecule has 0 fully saturated rings. The van der Waals surface area contributed by atoms with Gasteiger partial charge in [0.1, 0.15) is 0 Å². The van der Waals surface area contributed by atoms with E-state index in [4.69, 9.17) is 0 Å². The Labute approximate surface area is 115 Å². The Bertz CT molecular complexity index is 596. The van der Waals surface area contributed by atoms with E-state index in [1.807, 2.05) is 0 Å². The summed E-state index contributed by atoms with van der Waals surface area (Å²) in [7, 11) is 0. The molecule has 0 unspecified atom stereocenters. The molecule has 0 aromatic heterocycles. The second kappa shape index (κ2) is 5.41. The van der Waals surface area contributed by atoms with Crippen LogP contribution in [-0.4, -0.2) is 13.1 Å². The molecule has 19 heavy (non-hydrogen) atoms. The van der Waals surface area contributed by atoms with E-state index >= 15 is 0 Å². The molecule has 1 aliphatic heterocycles. The van der Waals surface area contributed by atoms with Gasteiger partial charge < -0.3 is 5.32 Å². The number of hydrogen-bond donors (Lipinski definition) is 1. The summed E-state index contributed by atoms with van der Waals surface area (Å²) in [6.07, 6.45) is 3.44. The van der Waals surface area contributed by atoms with Crippen molar-refractivity contribution < 1.29 is 0 Å². The van der Waals surface area contributed by atoms with E-state index in [1.165, 1.54) is 27.8 Å². The van der Waals surface area contributed by atoms with E-state index in [0.29, 0.717) is 0 Å². The highest BCUT2D eigenvalue weighted by Crippen LogP contribution is 2.27. The van der Waals surface area contributed by atoms with Crippen LogP contribution in [0.1, 0.15) is 17.5 Å². The quantitative estimate of drug-likeness (QED) is 0.847. The molecule has 0 amide bonds. The van der Waals surface area contributed by atoms with Crippen LogP contribution >= 0.6 is 0 Å². The normalized spacial score (nSPS) is 15.1. The van der Waals surface area contributed by atoms with Crippen molar-refractivity contribution in [1.29, 1.82) is 0 Å². The van der Waals surface area contributed by atoms with Crippen LogP contribution in [0.3, 0.4) is 0 Å². The smallest absolute Gasteiger partial charge is 0.0140 e. The maximum Gasteiger partial charge on any atom is 0.0140 e. The van der Waals surface area contributed by atoms with E-state index in [0.717, 1.165) is 19.5 Å². The predicted octanol–water partition coefficient (Wildman–Crippen LogP) is 4.04. The lowest BCUT2D eigenvalue weighted by atomic mass is 9.94. The van der Waals surface area contributed by atoms with Gasteiger partial charge in [-0.05, 0) is 47.7 Å². The topological polar surface area (TPSA) is 12.0 Å². The molecule has 0 radical (unpaired) electrons. The molecule has 3 rings (SSSR count). The van der Waals surface area contributed by atoms with Gasteiger partial charge in [-0.3, -0.25) is 0 Å². The van der Waals surface area contributed by atoms with Crippen LogP contribution in [0, 0.1) is 6.92 Å². The summed E-state index contributed by atoms with van der Waals surface area (Å²) in [5, 5.41) is 3.36. The largest absolute Gasteiger partial charge is 0.313 e. The zero-order valence-corrected chi connectivity index (χ0v) is 11.3. The summed E-state index contributed by atoms with van der Waals surface area (Å²) in [6.45, 7) is 4.29. The highest BCUT2D eigenvalue weighted by molar-refractivity contribution is 5.73. The fraction of sp³-hybridized carbons (Fsp3) is 0.222. The van der Waals surface area contributed by atoms with Gasteiger partial charge in [0, 0.05) is 6.54 Å². The molecule has 0 spiro atoms. The van der Waals surface area contributed by atoms with Crippen molar-refractivity contribution in [2.45, 2.75) is 13.3 Å². The fourth-order valence-electron chi connectivity index (χ4n) is 2.69. The molecular weight excluding hydrogens is 230 g/mol. The van der Waals surface area contributed by atoms with Crippen LogP contribution in [-0.2, 0) is 0 Å². The van der Waals surface area contributed by atoms with Crippen LogP contribution in [0.15, 0.2) is 54.6 Å². The lowest BCUT2D eigenvalue weighted by Crippen LogP contribution is -2.20. The van der Waals surface area contributed by atoms with Gasteiger partial charge in [0.2, 0.25) is 0 Å². The molecule has 1 heterocycles. The Morgan fingerprint density at radius 2 is 1.79 bits per heavy atom.